The summed E-state index contributed by atoms with van der Waals surface area (Å²) in [5.41, 5.74) is 0.957. The van der Waals surface area contributed by atoms with Crippen molar-refractivity contribution in [3.05, 3.63) is 51.6 Å². The van der Waals surface area contributed by atoms with Gasteiger partial charge in [0.05, 0.1) is 25.0 Å². The van der Waals surface area contributed by atoms with Gasteiger partial charge in [-0.25, -0.2) is 4.79 Å². The van der Waals surface area contributed by atoms with Crippen LogP contribution in [0.3, 0.4) is 0 Å². The van der Waals surface area contributed by atoms with Gasteiger partial charge in [-0.2, -0.15) is 0 Å². The number of methoxy groups -OCH3 is 1. The predicted octanol–water partition coefficient (Wildman–Crippen LogP) is 4.13. The number of nitrogens with one attached hydrogen (secondary N) is 1. The summed E-state index contributed by atoms with van der Waals surface area (Å²) in [7, 11) is 1.50. The van der Waals surface area contributed by atoms with Crippen LogP contribution >= 0.6 is 22.6 Å². The SMILES string of the molecule is COc1cc(C(=O)OCC(=O)Nc2ccccc2I)ccc1OCC(C)C. The van der Waals surface area contributed by atoms with Gasteiger partial charge in [-0.3, -0.25) is 4.79 Å². The summed E-state index contributed by atoms with van der Waals surface area (Å²) in [6, 6.07) is 12.1. The molecule has 1 N–H and O–H groups in total. The highest BCUT2D eigenvalue weighted by atomic mass is 127. The number of rotatable bonds is 8. The molecule has 0 aliphatic carbocycles. The van der Waals surface area contributed by atoms with E-state index in [-0.39, 0.29) is 12.2 Å². The molecule has 0 aromatic heterocycles. The maximum atomic E-state index is 12.2. The van der Waals surface area contributed by atoms with Gasteiger partial charge in [-0.15, -0.1) is 0 Å². The molecule has 0 aliphatic rings. The number of hydrogen-bond acceptors (Lipinski definition) is 5. The zero-order chi connectivity index (χ0) is 19.8. The third-order valence-corrected chi connectivity index (χ3v) is 4.39. The van der Waals surface area contributed by atoms with E-state index in [4.69, 9.17) is 14.2 Å². The molecule has 0 unspecified atom stereocenters. The van der Waals surface area contributed by atoms with Crippen molar-refractivity contribution >= 4 is 40.2 Å². The first kappa shape index (κ1) is 21.0. The van der Waals surface area contributed by atoms with Crippen LogP contribution in [0.4, 0.5) is 5.69 Å². The lowest BCUT2D eigenvalue weighted by atomic mass is 10.2. The van der Waals surface area contributed by atoms with Crippen LogP contribution in [0.1, 0.15) is 24.2 Å². The van der Waals surface area contributed by atoms with Crippen molar-refractivity contribution in [1.82, 2.24) is 0 Å². The number of para-hydroxylation sites is 1. The number of esters is 1. The summed E-state index contributed by atoms with van der Waals surface area (Å²) in [4.78, 5) is 24.2. The van der Waals surface area contributed by atoms with Gasteiger partial charge in [0, 0.05) is 3.57 Å². The lowest BCUT2D eigenvalue weighted by molar-refractivity contribution is -0.119. The Morgan fingerprint density at radius 2 is 1.85 bits per heavy atom. The molecular weight excluding hydrogens is 461 g/mol. The summed E-state index contributed by atoms with van der Waals surface area (Å²) < 4.78 is 16.9. The minimum atomic E-state index is -0.610. The van der Waals surface area contributed by atoms with Crippen LogP contribution in [0.25, 0.3) is 0 Å². The van der Waals surface area contributed by atoms with Gasteiger partial charge in [0.15, 0.2) is 18.1 Å². The lowest BCUT2D eigenvalue weighted by Gasteiger charge is -2.13. The Morgan fingerprint density at radius 1 is 1.11 bits per heavy atom. The maximum absolute atomic E-state index is 12.2. The summed E-state index contributed by atoms with van der Waals surface area (Å²) in [6.07, 6.45) is 0. The van der Waals surface area contributed by atoms with Crippen LogP contribution in [-0.4, -0.2) is 32.2 Å². The van der Waals surface area contributed by atoms with Crippen LogP contribution in [0.5, 0.6) is 11.5 Å². The highest BCUT2D eigenvalue weighted by molar-refractivity contribution is 14.1. The number of amides is 1. The van der Waals surface area contributed by atoms with E-state index in [0.29, 0.717) is 29.7 Å². The monoisotopic (exact) mass is 483 g/mol. The Hall–Kier alpha value is -2.29. The predicted molar refractivity (Wildman–Crippen MR) is 111 cm³/mol. The van der Waals surface area contributed by atoms with E-state index in [9.17, 15) is 9.59 Å². The van der Waals surface area contributed by atoms with E-state index >= 15 is 0 Å². The highest BCUT2D eigenvalue weighted by Gasteiger charge is 2.15. The van der Waals surface area contributed by atoms with Gasteiger partial charge in [-0.05, 0) is 58.8 Å². The summed E-state index contributed by atoms with van der Waals surface area (Å²) in [5, 5.41) is 2.71. The second kappa shape index (κ2) is 10.1. The standard InChI is InChI=1S/C20H22INO5/c1-13(2)11-26-17-9-8-14(10-18(17)25-3)20(24)27-12-19(23)22-16-7-5-4-6-15(16)21/h4-10,13H,11-12H2,1-3H3,(H,22,23). The van der Waals surface area contributed by atoms with E-state index in [1.807, 2.05) is 32.0 Å². The first-order valence-electron chi connectivity index (χ1n) is 8.43. The summed E-state index contributed by atoms with van der Waals surface area (Å²) in [6.45, 7) is 4.25. The van der Waals surface area contributed by atoms with E-state index in [2.05, 4.69) is 27.9 Å². The lowest BCUT2D eigenvalue weighted by Crippen LogP contribution is -2.21. The second-order valence-electron chi connectivity index (χ2n) is 6.17. The Morgan fingerprint density at radius 3 is 2.52 bits per heavy atom. The zero-order valence-electron chi connectivity index (χ0n) is 15.5. The number of ether oxygens (including phenoxy) is 3. The van der Waals surface area contributed by atoms with Gasteiger partial charge in [0.2, 0.25) is 0 Å². The topological polar surface area (TPSA) is 73.9 Å². The smallest absolute Gasteiger partial charge is 0.338 e. The quantitative estimate of drug-likeness (QED) is 0.452. The first-order chi connectivity index (χ1) is 12.9. The molecular formula is C20H22INO5. The number of carbonyl (C=O) groups is 2. The van der Waals surface area contributed by atoms with Crippen LogP contribution < -0.4 is 14.8 Å². The Balaban J connectivity index is 1.95. The molecule has 0 atom stereocenters. The summed E-state index contributed by atoms with van der Waals surface area (Å²) >= 11 is 2.12. The highest BCUT2D eigenvalue weighted by Crippen LogP contribution is 2.28. The zero-order valence-corrected chi connectivity index (χ0v) is 17.6. The molecule has 0 fully saturated rings. The molecule has 1 amide bonds. The van der Waals surface area contributed by atoms with Gasteiger partial charge in [0.25, 0.3) is 5.91 Å². The van der Waals surface area contributed by atoms with Crippen molar-refractivity contribution in [3.63, 3.8) is 0 Å². The molecule has 2 aromatic rings. The van der Waals surface area contributed by atoms with Crippen LogP contribution in [0.2, 0.25) is 0 Å². The van der Waals surface area contributed by atoms with Crippen LogP contribution in [0.15, 0.2) is 42.5 Å². The van der Waals surface area contributed by atoms with Crippen molar-refractivity contribution in [2.45, 2.75) is 13.8 Å². The maximum Gasteiger partial charge on any atom is 0.338 e. The van der Waals surface area contributed by atoms with Gasteiger partial charge in [-0.1, -0.05) is 26.0 Å². The minimum Gasteiger partial charge on any atom is -0.493 e. The number of hydrogen-bond donors (Lipinski definition) is 1. The van der Waals surface area contributed by atoms with Crippen molar-refractivity contribution in [2.75, 3.05) is 25.6 Å². The number of benzene rings is 2. The van der Waals surface area contributed by atoms with Gasteiger partial charge < -0.3 is 19.5 Å². The molecule has 7 heteroatoms. The molecule has 0 aliphatic heterocycles. The molecule has 0 saturated carbocycles. The van der Waals surface area contributed by atoms with Crippen molar-refractivity contribution in [2.24, 2.45) is 5.92 Å². The Labute approximate surface area is 172 Å². The molecule has 6 nitrogen and oxygen atoms in total. The van der Waals surface area contributed by atoms with Crippen molar-refractivity contribution < 1.29 is 23.8 Å². The Kier molecular flexibility index (Phi) is 7.90. The average Bonchev–Trinajstić information content (AvgIpc) is 2.66. The largest absolute Gasteiger partial charge is 0.493 e. The van der Waals surface area contributed by atoms with Crippen LogP contribution in [-0.2, 0) is 9.53 Å². The van der Waals surface area contributed by atoms with E-state index < -0.39 is 11.9 Å². The molecule has 0 radical (unpaired) electrons. The normalized spacial score (nSPS) is 10.4. The molecule has 0 spiro atoms. The molecule has 0 heterocycles. The van der Waals surface area contributed by atoms with E-state index in [1.165, 1.54) is 13.2 Å². The molecule has 144 valence electrons. The van der Waals surface area contributed by atoms with Crippen molar-refractivity contribution in [3.8, 4) is 11.5 Å². The number of anilines is 1. The van der Waals surface area contributed by atoms with Crippen LogP contribution in [0, 0.1) is 9.49 Å². The number of halogens is 1. The third-order valence-electron chi connectivity index (χ3n) is 3.45. The average molecular weight is 483 g/mol. The Bertz CT molecular complexity index is 807. The van der Waals surface area contributed by atoms with E-state index in [0.717, 1.165) is 3.57 Å². The molecule has 27 heavy (non-hydrogen) atoms. The number of carbonyl (C=O) groups excluding carboxylic acids is 2. The minimum absolute atomic E-state index is 0.283. The fourth-order valence-corrected chi connectivity index (χ4v) is 2.66. The molecule has 0 bridgehead atoms. The fourth-order valence-electron chi connectivity index (χ4n) is 2.13. The summed E-state index contributed by atoms with van der Waals surface area (Å²) in [5.74, 6) is 0.344. The van der Waals surface area contributed by atoms with Crippen molar-refractivity contribution in [1.29, 1.82) is 0 Å². The molecule has 0 saturated heterocycles. The van der Waals surface area contributed by atoms with Gasteiger partial charge in [0.1, 0.15) is 0 Å². The van der Waals surface area contributed by atoms with E-state index in [1.54, 1.807) is 18.2 Å². The second-order valence-corrected chi connectivity index (χ2v) is 7.34. The molecule has 2 rings (SSSR count). The fraction of sp³-hybridized carbons (Fsp3) is 0.300. The van der Waals surface area contributed by atoms with Gasteiger partial charge >= 0.3 is 5.97 Å². The molecule has 2 aromatic carbocycles. The third kappa shape index (κ3) is 6.42. The first-order valence-corrected chi connectivity index (χ1v) is 9.51.